The Kier molecular flexibility index (Phi) is 2.98. The van der Waals surface area contributed by atoms with Crippen LogP contribution in [0.1, 0.15) is 5.56 Å². The number of hydrogen-bond acceptors (Lipinski definition) is 1. The smallest absolute Gasteiger partial charge is 0.0568 e. The molecule has 0 aliphatic heterocycles. The van der Waals surface area contributed by atoms with Gasteiger partial charge < -0.3 is 0 Å². The highest BCUT2D eigenvalue weighted by molar-refractivity contribution is 6.32. The van der Waals surface area contributed by atoms with Crippen molar-refractivity contribution >= 4 is 23.2 Å². The summed E-state index contributed by atoms with van der Waals surface area (Å²) in [6, 6.07) is 5.86. The Bertz CT molecular complexity index is 477. The zero-order valence-corrected chi connectivity index (χ0v) is 9.76. The van der Waals surface area contributed by atoms with Gasteiger partial charge in [-0.2, -0.15) is 5.10 Å². The van der Waals surface area contributed by atoms with Crippen LogP contribution in [0.25, 0.3) is 11.1 Å². The summed E-state index contributed by atoms with van der Waals surface area (Å²) in [7, 11) is 1.89. The maximum Gasteiger partial charge on any atom is 0.0568 e. The highest BCUT2D eigenvalue weighted by Gasteiger charge is 2.04. The SMILES string of the molecule is Cn1cc(-c2ccc(CCl)c(Cl)c2)cn1. The quantitative estimate of drug-likeness (QED) is 0.736. The molecule has 0 saturated heterocycles. The van der Waals surface area contributed by atoms with Gasteiger partial charge in [-0.1, -0.05) is 23.7 Å². The summed E-state index contributed by atoms with van der Waals surface area (Å²) in [5.74, 6) is 0.437. The second-order valence-corrected chi connectivity index (χ2v) is 4.02. The summed E-state index contributed by atoms with van der Waals surface area (Å²) in [5.41, 5.74) is 3.06. The van der Waals surface area contributed by atoms with E-state index in [1.54, 1.807) is 4.68 Å². The molecule has 1 heterocycles. The fourth-order valence-corrected chi connectivity index (χ4v) is 1.95. The summed E-state index contributed by atoms with van der Waals surface area (Å²) >= 11 is 11.8. The van der Waals surface area contributed by atoms with E-state index in [0.29, 0.717) is 10.9 Å². The fraction of sp³-hybridized carbons (Fsp3) is 0.182. The molecule has 0 spiro atoms. The number of rotatable bonds is 2. The number of benzene rings is 1. The number of alkyl halides is 1. The first kappa shape index (κ1) is 10.5. The molecule has 15 heavy (non-hydrogen) atoms. The maximum atomic E-state index is 6.07. The number of aromatic nitrogens is 2. The molecule has 0 bridgehead atoms. The van der Waals surface area contributed by atoms with Crippen LogP contribution in [0.15, 0.2) is 30.6 Å². The standard InChI is InChI=1S/C11H10Cl2N2/c1-15-7-10(6-14-15)8-2-3-9(5-12)11(13)4-8/h2-4,6-7H,5H2,1H3. The van der Waals surface area contributed by atoms with Crippen molar-refractivity contribution in [3.8, 4) is 11.1 Å². The van der Waals surface area contributed by atoms with Crippen molar-refractivity contribution in [1.82, 2.24) is 9.78 Å². The van der Waals surface area contributed by atoms with E-state index in [1.165, 1.54) is 0 Å². The zero-order chi connectivity index (χ0) is 10.8. The van der Waals surface area contributed by atoms with Gasteiger partial charge in [0.25, 0.3) is 0 Å². The van der Waals surface area contributed by atoms with E-state index >= 15 is 0 Å². The molecule has 1 aromatic heterocycles. The Balaban J connectivity index is 2.42. The molecule has 0 radical (unpaired) electrons. The van der Waals surface area contributed by atoms with Gasteiger partial charge in [-0.15, -0.1) is 11.6 Å². The third-order valence-corrected chi connectivity index (χ3v) is 2.88. The molecular weight excluding hydrogens is 231 g/mol. The first-order valence-electron chi connectivity index (χ1n) is 4.54. The van der Waals surface area contributed by atoms with Crippen LogP contribution in [-0.2, 0) is 12.9 Å². The number of halogens is 2. The summed E-state index contributed by atoms with van der Waals surface area (Å²) in [6.45, 7) is 0. The van der Waals surface area contributed by atoms with E-state index in [-0.39, 0.29) is 0 Å². The second kappa shape index (κ2) is 4.25. The van der Waals surface area contributed by atoms with Gasteiger partial charge in [0, 0.05) is 29.7 Å². The van der Waals surface area contributed by atoms with E-state index in [9.17, 15) is 0 Å². The molecule has 0 atom stereocenters. The number of nitrogens with zero attached hydrogens (tertiary/aromatic N) is 2. The summed E-state index contributed by atoms with van der Waals surface area (Å²) in [4.78, 5) is 0. The zero-order valence-electron chi connectivity index (χ0n) is 8.24. The van der Waals surface area contributed by atoms with Crippen LogP contribution < -0.4 is 0 Å². The van der Waals surface area contributed by atoms with Crippen LogP contribution >= 0.6 is 23.2 Å². The molecule has 0 saturated carbocycles. The van der Waals surface area contributed by atoms with Crippen LogP contribution in [0.4, 0.5) is 0 Å². The molecule has 0 aliphatic rings. The molecule has 4 heteroatoms. The van der Waals surface area contributed by atoms with Gasteiger partial charge in [0.15, 0.2) is 0 Å². The summed E-state index contributed by atoms with van der Waals surface area (Å²) < 4.78 is 1.76. The van der Waals surface area contributed by atoms with Gasteiger partial charge in [-0.05, 0) is 17.2 Å². The van der Waals surface area contributed by atoms with Gasteiger partial charge in [0.1, 0.15) is 0 Å². The van der Waals surface area contributed by atoms with Crippen molar-refractivity contribution in [2.45, 2.75) is 5.88 Å². The van der Waals surface area contributed by atoms with E-state index < -0.39 is 0 Å². The molecule has 1 aromatic carbocycles. The molecule has 0 unspecified atom stereocenters. The Hall–Kier alpha value is -0.990. The van der Waals surface area contributed by atoms with Crippen molar-refractivity contribution < 1.29 is 0 Å². The van der Waals surface area contributed by atoms with Crippen molar-refractivity contribution in [3.05, 3.63) is 41.2 Å². The molecule has 78 valence electrons. The lowest BCUT2D eigenvalue weighted by Crippen LogP contribution is -1.84. The van der Waals surface area contributed by atoms with Crippen molar-refractivity contribution in [2.24, 2.45) is 7.05 Å². The Morgan fingerprint density at radius 1 is 1.33 bits per heavy atom. The average molecular weight is 241 g/mol. The molecular formula is C11H10Cl2N2. The topological polar surface area (TPSA) is 17.8 Å². The minimum atomic E-state index is 0.437. The normalized spacial score (nSPS) is 10.6. The minimum Gasteiger partial charge on any atom is -0.275 e. The molecule has 0 fully saturated rings. The van der Waals surface area contributed by atoms with E-state index in [4.69, 9.17) is 23.2 Å². The molecule has 0 aliphatic carbocycles. The second-order valence-electron chi connectivity index (χ2n) is 3.34. The predicted molar refractivity (Wildman–Crippen MR) is 63.2 cm³/mol. The lowest BCUT2D eigenvalue weighted by Gasteiger charge is -2.02. The van der Waals surface area contributed by atoms with Gasteiger partial charge in [0.2, 0.25) is 0 Å². The van der Waals surface area contributed by atoms with Crippen molar-refractivity contribution in [1.29, 1.82) is 0 Å². The van der Waals surface area contributed by atoms with Crippen molar-refractivity contribution in [2.75, 3.05) is 0 Å². The third-order valence-electron chi connectivity index (χ3n) is 2.24. The van der Waals surface area contributed by atoms with Gasteiger partial charge in [0.05, 0.1) is 6.20 Å². The van der Waals surface area contributed by atoms with Crippen LogP contribution in [0, 0.1) is 0 Å². The van der Waals surface area contributed by atoms with E-state index in [0.717, 1.165) is 16.7 Å². The van der Waals surface area contributed by atoms with Crippen molar-refractivity contribution in [3.63, 3.8) is 0 Å². The lowest BCUT2D eigenvalue weighted by atomic mass is 10.1. The highest BCUT2D eigenvalue weighted by Crippen LogP contribution is 2.26. The first-order valence-corrected chi connectivity index (χ1v) is 5.45. The fourth-order valence-electron chi connectivity index (χ4n) is 1.41. The molecule has 2 aromatic rings. The first-order chi connectivity index (χ1) is 7.20. The van der Waals surface area contributed by atoms with E-state index in [2.05, 4.69) is 5.10 Å². The van der Waals surface area contributed by atoms with Gasteiger partial charge in [-0.25, -0.2) is 0 Å². The Morgan fingerprint density at radius 2 is 2.13 bits per heavy atom. The summed E-state index contributed by atoms with van der Waals surface area (Å²) in [5, 5.41) is 4.81. The average Bonchev–Trinajstić information content (AvgIpc) is 2.65. The monoisotopic (exact) mass is 240 g/mol. The number of aryl methyl sites for hydroxylation is 1. The molecule has 2 rings (SSSR count). The van der Waals surface area contributed by atoms with Crippen LogP contribution in [-0.4, -0.2) is 9.78 Å². The largest absolute Gasteiger partial charge is 0.275 e. The Morgan fingerprint density at radius 3 is 2.67 bits per heavy atom. The Labute approximate surface area is 98.4 Å². The number of hydrogen-bond donors (Lipinski definition) is 0. The molecule has 0 N–H and O–H groups in total. The summed E-state index contributed by atoms with van der Waals surface area (Å²) in [6.07, 6.45) is 3.76. The minimum absolute atomic E-state index is 0.437. The maximum absolute atomic E-state index is 6.07. The third kappa shape index (κ3) is 2.16. The van der Waals surface area contributed by atoms with Crippen LogP contribution in [0.5, 0.6) is 0 Å². The predicted octanol–water partition coefficient (Wildman–Crippen LogP) is 3.48. The highest BCUT2D eigenvalue weighted by atomic mass is 35.5. The van der Waals surface area contributed by atoms with Gasteiger partial charge >= 0.3 is 0 Å². The van der Waals surface area contributed by atoms with Gasteiger partial charge in [-0.3, -0.25) is 4.68 Å². The molecule has 0 amide bonds. The lowest BCUT2D eigenvalue weighted by molar-refractivity contribution is 0.768. The molecule has 2 nitrogen and oxygen atoms in total. The van der Waals surface area contributed by atoms with E-state index in [1.807, 2.05) is 37.6 Å². The van der Waals surface area contributed by atoms with Crippen LogP contribution in [0.3, 0.4) is 0 Å². The van der Waals surface area contributed by atoms with Crippen LogP contribution in [0.2, 0.25) is 5.02 Å².